The number of hydrogen-bond donors (Lipinski definition) is 2. The molecule has 2 aromatic rings. The van der Waals surface area contributed by atoms with E-state index in [0.29, 0.717) is 23.3 Å². The van der Waals surface area contributed by atoms with E-state index < -0.39 is 0 Å². The molecule has 0 aliphatic carbocycles. The summed E-state index contributed by atoms with van der Waals surface area (Å²) in [6, 6.07) is 7.46. The van der Waals surface area contributed by atoms with Crippen molar-refractivity contribution in [2.45, 2.75) is 27.2 Å². The molecule has 0 spiro atoms. The predicted molar refractivity (Wildman–Crippen MR) is 101 cm³/mol. The average molecular weight is 324 g/mol. The lowest BCUT2D eigenvalue weighted by Crippen LogP contribution is -1.92. The van der Waals surface area contributed by atoms with Gasteiger partial charge >= 0.3 is 0 Å². The topological polar surface area (TPSA) is 49.7 Å². The Morgan fingerprint density at radius 2 is 1.42 bits per heavy atom. The summed E-state index contributed by atoms with van der Waals surface area (Å²) >= 11 is 0. The molecule has 126 valence electrons. The smallest absolute Gasteiger partial charge is 0.165 e. The Labute approximate surface area is 143 Å². The molecule has 3 heteroatoms. The number of benzene rings is 2. The molecule has 0 amide bonds. The first-order valence-corrected chi connectivity index (χ1v) is 8.08. The van der Waals surface area contributed by atoms with E-state index in [1.807, 2.05) is 63.3 Å². The van der Waals surface area contributed by atoms with Crippen LogP contribution in [0, 0.1) is 0 Å². The van der Waals surface area contributed by atoms with Gasteiger partial charge in [-0.05, 0) is 61.2 Å². The fourth-order valence-electron chi connectivity index (χ4n) is 2.76. The van der Waals surface area contributed by atoms with Gasteiger partial charge < -0.3 is 14.9 Å². The lowest BCUT2D eigenvalue weighted by Gasteiger charge is -2.15. The molecule has 0 aromatic heterocycles. The number of phenolic OH excluding ortho intramolecular Hbond substituents is 2. The van der Waals surface area contributed by atoms with Crippen molar-refractivity contribution >= 4 is 12.2 Å². The number of methoxy groups -OCH3 is 1. The number of aryl methyl sites for hydroxylation is 1. The molecule has 0 bridgehead atoms. The molecule has 0 atom stereocenters. The van der Waals surface area contributed by atoms with Crippen LogP contribution < -0.4 is 4.74 Å². The van der Waals surface area contributed by atoms with E-state index in [4.69, 9.17) is 4.74 Å². The van der Waals surface area contributed by atoms with Crippen LogP contribution in [0.3, 0.4) is 0 Å². The zero-order valence-electron chi connectivity index (χ0n) is 14.6. The number of hydrogen-bond acceptors (Lipinski definition) is 3. The molecule has 0 aliphatic heterocycles. The van der Waals surface area contributed by atoms with Gasteiger partial charge in [0.15, 0.2) is 11.5 Å². The van der Waals surface area contributed by atoms with E-state index in [1.54, 1.807) is 6.07 Å². The molecular formula is C21H24O3. The van der Waals surface area contributed by atoms with Gasteiger partial charge in [-0.2, -0.15) is 0 Å². The van der Waals surface area contributed by atoms with E-state index in [9.17, 15) is 10.2 Å². The molecule has 0 saturated carbocycles. The maximum absolute atomic E-state index is 10.6. The van der Waals surface area contributed by atoms with Gasteiger partial charge in [0.1, 0.15) is 5.75 Å². The summed E-state index contributed by atoms with van der Waals surface area (Å²) in [6.45, 7) is 5.87. The van der Waals surface area contributed by atoms with Gasteiger partial charge in [0.05, 0.1) is 7.11 Å². The van der Waals surface area contributed by atoms with E-state index >= 15 is 0 Å². The normalized spacial score (nSPS) is 11.5. The number of phenols is 2. The molecule has 0 radical (unpaired) electrons. The van der Waals surface area contributed by atoms with Crippen LogP contribution in [0.4, 0.5) is 0 Å². The van der Waals surface area contributed by atoms with Crippen LogP contribution >= 0.6 is 0 Å². The van der Waals surface area contributed by atoms with Gasteiger partial charge in [0.25, 0.3) is 0 Å². The molecule has 2 N–H and O–H groups in total. The van der Waals surface area contributed by atoms with Gasteiger partial charge in [-0.3, -0.25) is 0 Å². The first-order chi connectivity index (χ1) is 11.5. The Kier molecular flexibility index (Phi) is 5.69. The highest BCUT2D eigenvalue weighted by Gasteiger charge is 2.17. The molecule has 2 rings (SSSR count). The fraction of sp³-hybridized carbons (Fsp3) is 0.238. The van der Waals surface area contributed by atoms with Crippen LogP contribution in [0.15, 0.2) is 36.4 Å². The lowest BCUT2D eigenvalue weighted by atomic mass is 9.94. The Bertz CT molecular complexity index is 719. The van der Waals surface area contributed by atoms with Gasteiger partial charge in [-0.25, -0.2) is 0 Å². The van der Waals surface area contributed by atoms with Crippen LogP contribution in [-0.4, -0.2) is 17.3 Å². The minimum absolute atomic E-state index is 0.0285. The van der Waals surface area contributed by atoms with E-state index in [1.165, 1.54) is 7.11 Å². The monoisotopic (exact) mass is 324 g/mol. The minimum atomic E-state index is 0.0285. The summed E-state index contributed by atoms with van der Waals surface area (Å²) in [5.41, 5.74) is 3.88. The van der Waals surface area contributed by atoms with Crippen molar-refractivity contribution in [3.05, 3.63) is 53.1 Å². The van der Waals surface area contributed by atoms with Crippen molar-refractivity contribution in [3.63, 3.8) is 0 Å². The van der Waals surface area contributed by atoms with Crippen molar-refractivity contribution in [2.24, 2.45) is 0 Å². The Hall–Kier alpha value is -2.68. The van der Waals surface area contributed by atoms with E-state index in [0.717, 1.165) is 16.7 Å². The highest BCUT2D eigenvalue weighted by molar-refractivity contribution is 5.82. The van der Waals surface area contributed by atoms with Crippen LogP contribution in [0.5, 0.6) is 17.2 Å². The largest absolute Gasteiger partial charge is 0.507 e. The number of aromatic hydroxyl groups is 2. The second kappa shape index (κ2) is 7.73. The van der Waals surface area contributed by atoms with Gasteiger partial charge in [0, 0.05) is 11.1 Å². The Morgan fingerprint density at radius 3 is 1.92 bits per heavy atom. The van der Waals surface area contributed by atoms with E-state index in [-0.39, 0.29) is 11.5 Å². The van der Waals surface area contributed by atoms with Crippen molar-refractivity contribution < 1.29 is 14.9 Å². The summed E-state index contributed by atoms with van der Waals surface area (Å²) in [4.78, 5) is 0. The van der Waals surface area contributed by atoms with Crippen molar-refractivity contribution in [1.29, 1.82) is 0 Å². The lowest BCUT2D eigenvalue weighted by molar-refractivity contribution is 0.374. The van der Waals surface area contributed by atoms with Gasteiger partial charge in [-0.1, -0.05) is 31.2 Å². The summed E-state index contributed by atoms with van der Waals surface area (Å²) < 4.78 is 5.29. The molecule has 24 heavy (non-hydrogen) atoms. The first kappa shape index (κ1) is 17.7. The maximum atomic E-state index is 10.6. The number of allylic oxidation sites excluding steroid dienone is 2. The molecule has 0 fully saturated rings. The summed E-state index contributed by atoms with van der Waals surface area (Å²) in [7, 11) is 1.52. The Morgan fingerprint density at radius 1 is 0.875 bits per heavy atom. The molecule has 0 saturated heterocycles. The second-order valence-electron chi connectivity index (χ2n) is 5.55. The molecule has 0 aliphatic rings. The minimum Gasteiger partial charge on any atom is -0.507 e. The predicted octanol–water partition coefficient (Wildman–Crippen LogP) is 5.40. The standard InChI is InChI=1S/C21H24O3/c1-5-8-14-10-16(7-3)20(22)17(11-14)18-12-15(9-6-2)13-19(24-4)21(18)23/h5-6,8-13,22-23H,7H2,1-4H3/b8-5+,9-6+. The molecule has 3 nitrogen and oxygen atoms in total. The van der Waals surface area contributed by atoms with Crippen molar-refractivity contribution in [2.75, 3.05) is 7.11 Å². The van der Waals surface area contributed by atoms with Crippen molar-refractivity contribution in [3.8, 4) is 28.4 Å². The fourth-order valence-corrected chi connectivity index (χ4v) is 2.76. The molecule has 2 aromatic carbocycles. The number of rotatable bonds is 5. The first-order valence-electron chi connectivity index (χ1n) is 8.08. The second-order valence-corrected chi connectivity index (χ2v) is 5.55. The van der Waals surface area contributed by atoms with Gasteiger partial charge in [-0.15, -0.1) is 0 Å². The van der Waals surface area contributed by atoms with E-state index in [2.05, 4.69) is 0 Å². The third-order valence-corrected chi connectivity index (χ3v) is 3.92. The summed E-state index contributed by atoms with van der Waals surface area (Å²) in [5, 5.41) is 21.2. The molecule has 0 heterocycles. The quantitative estimate of drug-likeness (QED) is 0.774. The third kappa shape index (κ3) is 3.46. The summed E-state index contributed by atoms with van der Waals surface area (Å²) in [5.74, 6) is 0.607. The highest BCUT2D eigenvalue weighted by atomic mass is 16.5. The SMILES string of the molecule is C/C=C/c1cc(CC)c(O)c(-c2cc(/C=C/C)cc(OC)c2O)c1. The highest BCUT2D eigenvalue weighted by Crippen LogP contribution is 2.43. The Balaban J connectivity index is 2.79. The molecule has 0 unspecified atom stereocenters. The molecular weight excluding hydrogens is 300 g/mol. The third-order valence-electron chi connectivity index (χ3n) is 3.92. The van der Waals surface area contributed by atoms with Crippen LogP contribution in [0.2, 0.25) is 0 Å². The average Bonchev–Trinajstić information content (AvgIpc) is 2.58. The maximum Gasteiger partial charge on any atom is 0.165 e. The van der Waals surface area contributed by atoms with Crippen LogP contribution in [0.25, 0.3) is 23.3 Å². The summed E-state index contributed by atoms with van der Waals surface area (Å²) in [6.07, 6.45) is 8.48. The number of ether oxygens (including phenoxy) is 1. The van der Waals surface area contributed by atoms with Crippen molar-refractivity contribution in [1.82, 2.24) is 0 Å². The van der Waals surface area contributed by atoms with Gasteiger partial charge in [0.2, 0.25) is 0 Å². The zero-order chi connectivity index (χ0) is 17.7. The van der Waals surface area contributed by atoms with Crippen LogP contribution in [0.1, 0.15) is 37.5 Å². The van der Waals surface area contributed by atoms with Crippen LogP contribution in [-0.2, 0) is 6.42 Å². The zero-order valence-corrected chi connectivity index (χ0v) is 14.6.